The molecule has 1 aromatic carbocycles. The van der Waals surface area contributed by atoms with Crippen molar-refractivity contribution in [2.75, 3.05) is 40.3 Å². The van der Waals surface area contributed by atoms with Gasteiger partial charge in [0, 0.05) is 33.6 Å². The Morgan fingerprint density at radius 2 is 2.15 bits per heavy atom. The molecular weight excluding hydrogens is 448 g/mol. The van der Waals surface area contributed by atoms with E-state index in [0.717, 1.165) is 16.8 Å². The number of carbonyl (C=O) groups excluding carboxylic acids is 1. The molecule has 33 heavy (non-hydrogen) atoms. The molecule has 1 amide bonds. The first-order valence-electron chi connectivity index (χ1n) is 10.8. The van der Waals surface area contributed by atoms with Crippen molar-refractivity contribution in [1.29, 1.82) is 0 Å². The molecule has 9 heteroatoms. The van der Waals surface area contributed by atoms with Crippen LogP contribution in [0.15, 0.2) is 35.9 Å². The summed E-state index contributed by atoms with van der Waals surface area (Å²) >= 11 is 6.30. The third-order valence-electron chi connectivity index (χ3n) is 5.62. The van der Waals surface area contributed by atoms with Gasteiger partial charge in [0.2, 0.25) is 0 Å². The average molecular weight is 483 g/mol. The van der Waals surface area contributed by atoms with E-state index in [1.165, 1.54) is 7.11 Å². The second-order valence-electron chi connectivity index (χ2n) is 8.27. The molecule has 1 fully saturated rings. The van der Waals surface area contributed by atoms with Crippen LogP contribution in [0.1, 0.15) is 25.8 Å². The molecule has 0 radical (unpaired) electrons. The van der Waals surface area contributed by atoms with Crippen LogP contribution in [0.25, 0.3) is 0 Å². The SMILES string of the molecule is CNc1cc(C/C(C)=C/C=C/[C@@H](OC)[C@@]2(O)C[C@@H]([C@@H](C)COC)OC(=O)N2)cc(OC)c1Cl. The summed E-state index contributed by atoms with van der Waals surface area (Å²) in [5, 5.41) is 17.3. The van der Waals surface area contributed by atoms with Gasteiger partial charge in [0.05, 0.1) is 19.4 Å². The van der Waals surface area contributed by atoms with Gasteiger partial charge >= 0.3 is 6.09 Å². The summed E-state index contributed by atoms with van der Waals surface area (Å²) in [4.78, 5) is 12.1. The van der Waals surface area contributed by atoms with Crippen LogP contribution in [0.4, 0.5) is 10.5 Å². The second-order valence-corrected chi connectivity index (χ2v) is 8.65. The molecule has 0 aromatic heterocycles. The van der Waals surface area contributed by atoms with Crippen molar-refractivity contribution < 1.29 is 28.8 Å². The van der Waals surface area contributed by atoms with Gasteiger partial charge in [0.25, 0.3) is 0 Å². The molecule has 0 aliphatic carbocycles. The molecule has 4 atom stereocenters. The van der Waals surface area contributed by atoms with Gasteiger partial charge in [-0.2, -0.15) is 0 Å². The number of carbonyl (C=O) groups is 1. The van der Waals surface area contributed by atoms with Gasteiger partial charge in [-0.05, 0) is 31.0 Å². The monoisotopic (exact) mass is 482 g/mol. The number of cyclic esters (lactones) is 1. The molecule has 1 aliphatic heterocycles. The summed E-state index contributed by atoms with van der Waals surface area (Å²) < 4.78 is 21.4. The number of alkyl carbamates (subject to hydrolysis) is 1. The van der Waals surface area contributed by atoms with Crippen LogP contribution in [0, 0.1) is 5.92 Å². The molecule has 0 spiro atoms. The highest BCUT2D eigenvalue weighted by molar-refractivity contribution is 6.34. The zero-order valence-electron chi connectivity index (χ0n) is 20.1. The van der Waals surface area contributed by atoms with Crippen LogP contribution in [0.3, 0.4) is 0 Å². The maximum atomic E-state index is 12.1. The van der Waals surface area contributed by atoms with Crippen molar-refractivity contribution in [3.05, 3.63) is 46.5 Å². The van der Waals surface area contributed by atoms with E-state index in [1.807, 2.05) is 38.1 Å². The summed E-state index contributed by atoms with van der Waals surface area (Å²) in [6, 6.07) is 3.88. The van der Waals surface area contributed by atoms with E-state index in [0.29, 0.717) is 23.8 Å². The van der Waals surface area contributed by atoms with E-state index in [-0.39, 0.29) is 12.3 Å². The predicted molar refractivity (Wildman–Crippen MR) is 129 cm³/mol. The highest BCUT2D eigenvalue weighted by Gasteiger charge is 2.46. The number of hydrogen-bond donors (Lipinski definition) is 3. The fraction of sp³-hybridized carbons (Fsp3) is 0.542. The molecule has 1 saturated heterocycles. The number of rotatable bonds is 11. The normalized spacial score (nSPS) is 23.1. The van der Waals surface area contributed by atoms with E-state index in [4.69, 9.17) is 30.5 Å². The van der Waals surface area contributed by atoms with E-state index in [9.17, 15) is 9.90 Å². The molecule has 0 unspecified atom stereocenters. The van der Waals surface area contributed by atoms with Crippen LogP contribution in [0.2, 0.25) is 5.02 Å². The number of methoxy groups -OCH3 is 3. The lowest BCUT2D eigenvalue weighted by atomic mass is 9.91. The molecule has 1 heterocycles. The Labute approximate surface area is 200 Å². The molecule has 0 bridgehead atoms. The standard InChI is InChI=1S/C24H35ClN2O6/c1-15(10-17-11-18(26-3)22(25)19(12-17)31-5)8-7-9-21(32-6)24(29)13-20(16(2)14-30-4)33-23(28)27-24/h7-9,11-12,16,20-21,26,29H,10,13-14H2,1-6H3,(H,27,28)/b9-7+,15-8+/t16-,20-,21+,24-/m0/s1. The molecule has 3 N–H and O–H groups in total. The quantitative estimate of drug-likeness (QED) is 0.411. The minimum absolute atomic E-state index is 0.0740. The third-order valence-corrected chi connectivity index (χ3v) is 6.01. The first kappa shape index (κ1) is 27.0. The van der Waals surface area contributed by atoms with Crippen molar-refractivity contribution in [3.63, 3.8) is 0 Å². The maximum absolute atomic E-state index is 12.1. The van der Waals surface area contributed by atoms with Crippen molar-refractivity contribution in [3.8, 4) is 5.75 Å². The Kier molecular flexibility index (Phi) is 10.0. The fourth-order valence-electron chi connectivity index (χ4n) is 3.84. The molecule has 2 rings (SSSR count). The summed E-state index contributed by atoms with van der Waals surface area (Å²) in [5.74, 6) is 0.533. The number of anilines is 1. The Morgan fingerprint density at radius 3 is 2.76 bits per heavy atom. The largest absolute Gasteiger partial charge is 0.495 e. The minimum atomic E-state index is -1.60. The van der Waals surface area contributed by atoms with Gasteiger partial charge in [-0.25, -0.2) is 4.79 Å². The Morgan fingerprint density at radius 1 is 1.42 bits per heavy atom. The lowest BCUT2D eigenvalue weighted by molar-refractivity contribution is -0.144. The lowest BCUT2D eigenvalue weighted by Crippen LogP contribution is -2.63. The van der Waals surface area contributed by atoms with Crippen LogP contribution in [-0.2, 0) is 20.6 Å². The van der Waals surface area contributed by atoms with Crippen molar-refractivity contribution in [1.82, 2.24) is 5.32 Å². The van der Waals surface area contributed by atoms with Crippen LogP contribution in [-0.4, -0.2) is 64.1 Å². The Balaban J connectivity index is 2.13. The van der Waals surface area contributed by atoms with Gasteiger partial charge in [0.1, 0.15) is 23.0 Å². The average Bonchev–Trinajstić information content (AvgIpc) is 2.77. The maximum Gasteiger partial charge on any atom is 0.409 e. The van der Waals surface area contributed by atoms with Gasteiger partial charge in [-0.3, -0.25) is 5.32 Å². The van der Waals surface area contributed by atoms with Gasteiger partial charge in [0.15, 0.2) is 5.72 Å². The number of amides is 1. The molecule has 1 aliphatic rings. The molecule has 8 nitrogen and oxygen atoms in total. The summed E-state index contributed by atoms with van der Waals surface area (Å²) in [6.45, 7) is 4.32. The summed E-state index contributed by atoms with van der Waals surface area (Å²) in [7, 11) is 6.46. The van der Waals surface area contributed by atoms with E-state index < -0.39 is 24.0 Å². The number of ether oxygens (including phenoxy) is 4. The number of benzene rings is 1. The zero-order valence-corrected chi connectivity index (χ0v) is 20.9. The number of nitrogens with one attached hydrogen (secondary N) is 2. The molecular formula is C24H35ClN2O6. The first-order valence-corrected chi connectivity index (χ1v) is 11.2. The number of hydrogen-bond acceptors (Lipinski definition) is 7. The summed E-state index contributed by atoms with van der Waals surface area (Å²) in [5.41, 5.74) is 1.31. The highest BCUT2D eigenvalue weighted by Crippen LogP contribution is 2.34. The smallest absolute Gasteiger partial charge is 0.409 e. The van der Waals surface area contributed by atoms with Gasteiger partial charge in [-0.1, -0.05) is 42.3 Å². The lowest BCUT2D eigenvalue weighted by Gasteiger charge is -2.41. The van der Waals surface area contributed by atoms with Crippen LogP contribution in [0.5, 0.6) is 5.75 Å². The van der Waals surface area contributed by atoms with Gasteiger partial charge in [-0.15, -0.1) is 0 Å². The fourth-order valence-corrected chi connectivity index (χ4v) is 4.12. The number of halogens is 1. The van der Waals surface area contributed by atoms with E-state index >= 15 is 0 Å². The zero-order chi connectivity index (χ0) is 24.6. The molecule has 0 saturated carbocycles. The number of allylic oxidation sites excluding steroid dienone is 3. The topological polar surface area (TPSA) is 98.3 Å². The third kappa shape index (κ3) is 7.11. The second kappa shape index (κ2) is 12.3. The molecule has 1 aromatic rings. The van der Waals surface area contributed by atoms with E-state index in [1.54, 1.807) is 27.3 Å². The summed E-state index contributed by atoms with van der Waals surface area (Å²) in [6.07, 6.45) is 4.36. The van der Waals surface area contributed by atoms with Crippen molar-refractivity contribution in [2.45, 2.75) is 44.6 Å². The Hall–Kier alpha value is -2.26. The van der Waals surface area contributed by atoms with E-state index in [2.05, 4.69) is 10.6 Å². The first-order chi connectivity index (χ1) is 15.7. The number of aliphatic hydroxyl groups is 1. The molecule has 184 valence electrons. The van der Waals surface area contributed by atoms with Gasteiger partial charge < -0.3 is 29.4 Å². The van der Waals surface area contributed by atoms with Crippen molar-refractivity contribution in [2.24, 2.45) is 5.92 Å². The van der Waals surface area contributed by atoms with Crippen LogP contribution < -0.4 is 15.4 Å². The minimum Gasteiger partial charge on any atom is -0.495 e. The predicted octanol–water partition coefficient (Wildman–Crippen LogP) is 3.92. The Bertz CT molecular complexity index is 850. The highest BCUT2D eigenvalue weighted by atomic mass is 35.5. The van der Waals surface area contributed by atoms with Crippen molar-refractivity contribution >= 4 is 23.4 Å². The van der Waals surface area contributed by atoms with Crippen LogP contribution >= 0.6 is 11.6 Å².